The van der Waals surface area contributed by atoms with Gasteiger partial charge >= 0.3 is 0 Å². The number of rotatable bonds is 7. The maximum Gasteiger partial charge on any atom is 0.0696 e. The third-order valence-corrected chi connectivity index (χ3v) is 3.81. The third-order valence-electron chi connectivity index (χ3n) is 3.20. The van der Waals surface area contributed by atoms with Gasteiger partial charge in [0.1, 0.15) is 0 Å². The molecule has 1 rings (SSSR count). The Bertz CT molecular complexity index is 376. The molecule has 0 fully saturated rings. The standard InChI is InChI=1S/C13H24BrN3O/c1-6-7-17-12(10(14)9-16-17)11(15-4)8-13(2,3)18-5/h9,11,15H,6-8H2,1-5H3. The normalized spacial score (nSPS) is 13.9. The van der Waals surface area contributed by atoms with Gasteiger partial charge in [-0.05, 0) is 49.7 Å². The molecule has 1 heterocycles. The summed E-state index contributed by atoms with van der Waals surface area (Å²) in [5, 5.41) is 7.78. The van der Waals surface area contributed by atoms with Gasteiger partial charge in [-0.1, -0.05) is 6.92 Å². The molecule has 0 spiro atoms. The Morgan fingerprint density at radius 2 is 2.22 bits per heavy atom. The highest BCUT2D eigenvalue weighted by Gasteiger charge is 2.26. The van der Waals surface area contributed by atoms with Gasteiger partial charge in [-0.2, -0.15) is 5.10 Å². The van der Waals surface area contributed by atoms with Crippen LogP contribution in [0, 0.1) is 0 Å². The van der Waals surface area contributed by atoms with Crippen LogP contribution in [-0.4, -0.2) is 29.5 Å². The van der Waals surface area contributed by atoms with E-state index < -0.39 is 0 Å². The van der Waals surface area contributed by atoms with E-state index in [0.717, 1.165) is 23.9 Å². The molecule has 1 atom stereocenters. The van der Waals surface area contributed by atoms with E-state index in [1.807, 2.05) is 13.2 Å². The highest BCUT2D eigenvalue weighted by Crippen LogP contribution is 2.30. The Morgan fingerprint density at radius 3 is 2.72 bits per heavy atom. The summed E-state index contributed by atoms with van der Waals surface area (Å²) in [6.07, 6.45) is 3.84. The van der Waals surface area contributed by atoms with E-state index >= 15 is 0 Å². The highest BCUT2D eigenvalue weighted by molar-refractivity contribution is 9.10. The molecule has 1 aromatic rings. The lowest BCUT2D eigenvalue weighted by atomic mass is 9.96. The van der Waals surface area contributed by atoms with Crippen molar-refractivity contribution in [2.45, 2.75) is 51.8 Å². The lowest BCUT2D eigenvalue weighted by molar-refractivity contribution is 0.00668. The fourth-order valence-electron chi connectivity index (χ4n) is 2.02. The number of methoxy groups -OCH3 is 1. The number of nitrogens with zero attached hydrogens (tertiary/aromatic N) is 2. The molecule has 0 radical (unpaired) electrons. The topological polar surface area (TPSA) is 39.1 Å². The number of aryl methyl sites for hydroxylation is 1. The van der Waals surface area contributed by atoms with Crippen LogP contribution in [-0.2, 0) is 11.3 Å². The lowest BCUT2D eigenvalue weighted by Crippen LogP contribution is -2.32. The first-order chi connectivity index (χ1) is 8.45. The molecule has 18 heavy (non-hydrogen) atoms. The van der Waals surface area contributed by atoms with E-state index in [1.54, 1.807) is 7.11 Å². The first-order valence-electron chi connectivity index (χ1n) is 6.38. The molecule has 1 aromatic heterocycles. The zero-order valence-electron chi connectivity index (χ0n) is 12.0. The van der Waals surface area contributed by atoms with Crippen molar-refractivity contribution < 1.29 is 4.74 Å². The average Bonchev–Trinajstić information content (AvgIpc) is 2.68. The largest absolute Gasteiger partial charge is 0.379 e. The first-order valence-corrected chi connectivity index (χ1v) is 7.18. The van der Waals surface area contributed by atoms with E-state index in [9.17, 15) is 0 Å². The van der Waals surface area contributed by atoms with Gasteiger partial charge in [-0.15, -0.1) is 0 Å². The maximum absolute atomic E-state index is 5.52. The molecule has 0 aliphatic rings. The van der Waals surface area contributed by atoms with Crippen LogP contribution in [0.15, 0.2) is 10.7 Å². The second-order valence-corrected chi connectivity index (χ2v) is 5.96. The van der Waals surface area contributed by atoms with Crippen molar-refractivity contribution >= 4 is 15.9 Å². The molecule has 0 aliphatic heterocycles. The molecule has 0 saturated heterocycles. The van der Waals surface area contributed by atoms with Crippen molar-refractivity contribution in [2.24, 2.45) is 0 Å². The maximum atomic E-state index is 5.52. The van der Waals surface area contributed by atoms with Crippen molar-refractivity contribution in [1.82, 2.24) is 15.1 Å². The Labute approximate surface area is 118 Å². The van der Waals surface area contributed by atoms with Crippen molar-refractivity contribution in [1.29, 1.82) is 0 Å². The smallest absolute Gasteiger partial charge is 0.0696 e. The first kappa shape index (κ1) is 15.7. The van der Waals surface area contributed by atoms with Crippen LogP contribution in [0.25, 0.3) is 0 Å². The second kappa shape index (κ2) is 6.68. The number of hydrogen-bond acceptors (Lipinski definition) is 3. The summed E-state index contributed by atoms with van der Waals surface area (Å²) in [5.41, 5.74) is 1.04. The summed E-state index contributed by atoms with van der Waals surface area (Å²) in [5.74, 6) is 0. The summed E-state index contributed by atoms with van der Waals surface area (Å²) in [7, 11) is 3.73. The Hall–Kier alpha value is -0.390. The van der Waals surface area contributed by atoms with Gasteiger partial charge in [0, 0.05) is 13.7 Å². The molecular weight excluding hydrogens is 294 g/mol. The van der Waals surface area contributed by atoms with E-state index in [0.29, 0.717) is 0 Å². The molecule has 0 amide bonds. The predicted octanol–water partition coefficient (Wildman–Crippen LogP) is 3.13. The quantitative estimate of drug-likeness (QED) is 0.839. The average molecular weight is 318 g/mol. The fraction of sp³-hybridized carbons (Fsp3) is 0.769. The predicted molar refractivity (Wildman–Crippen MR) is 77.7 cm³/mol. The molecule has 0 aromatic carbocycles. The van der Waals surface area contributed by atoms with Gasteiger partial charge in [0.05, 0.1) is 28.0 Å². The van der Waals surface area contributed by atoms with E-state index in [-0.39, 0.29) is 11.6 Å². The van der Waals surface area contributed by atoms with Gasteiger partial charge in [0.25, 0.3) is 0 Å². The van der Waals surface area contributed by atoms with Crippen LogP contribution < -0.4 is 5.32 Å². The van der Waals surface area contributed by atoms with Crippen LogP contribution in [0.2, 0.25) is 0 Å². The highest BCUT2D eigenvalue weighted by atomic mass is 79.9. The minimum atomic E-state index is -0.158. The summed E-state index contributed by atoms with van der Waals surface area (Å²) < 4.78 is 8.65. The SMILES string of the molecule is CCCn1ncc(Br)c1C(CC(C)(C)OC)NC. The van der Waals surface area contributed by atoms with Crippen LogP contribution in [0.5, 0.6) is 0 Å². The molecule has 0 bridgehead atoms. The molecule has 104 valence electrons. The number of ether oxygens (including phenoxy) is 1. The summed E-state index contributed by atoms with van der Waals surface area (Å²) in [6.45, 7) is 7.30. The Kier molecular flexibility index (Phi) is 5.82. The summed E-state index contributed by atoms with van der Waals surface area (Å²) in [6, 6.07) is 0.225. The third kappa shape index (κ3) is 3.80. The van der Waals surface area contributed by atoms with Gasteiger partial charge in [-0.3, -0.25) is 4.68 Å². The minimum absolute atomic E-state index is 0.158. The lowest BCUT2D eigenvalue weighted by Gasteiger charge is -2.29. The molecule has 0 aliphatic carbocycles. The summed E-state index contributed by atoms with van der Waals surface area (Å²) in [4.78, 5) is 0. The van der Waals surface area contributed by atoms with E-state index in [4.69, 9.17) is 4.74 Å². The molecular formula is C13H24BrN3O. The van der Waals surface area contributed by atoms with Gasteiger partial charge in [-0.25, -0.2) is 0 Å². The van der Waals surface area contributed by atoms with Crippen molar-refractivity contribution in [3.8, 4) is 0 Å². The second-order valence-electron chi connectivity index (χ2n) is 5.11. The molecule has 1 N–H and O–H groups in total. The van der Waals surface area contributed by atoms with Gasteiger partial charge in [0.15, 0.2) is 0 Å². The zero-order chi connectivity index (χ0) is 13.8. The number of halogens is 1. The van der Waals surface area contributed by atoms with Crippen molar-refractivity contribution in [2.75, 3.05) is 14.2 Å². The molecule has 1 unspecified atom stereocenters. The van der Waals surface area contributed by atoms with Crippen LogP contribution >= 0.6 is 15.9 Å². The summed E-state index contributed by atoms with van der Waals surface area (Å²) >= 11 is 3.59. The molecule has 5 heteroatoms. The minimum Gasteiger partial charge on any atom is -0.379 e. The van der Waals surface area contributed by atoms with Crippen LogP contribution in [0.3, 0.4) is 0 Å². The monoisotopic (exact) mass is 317 g/mol. The number of nitrogens with one attached hydrogen (secondary N) is 1. The molecule has 0 saturated carbocycles. The van der Waals surface area contributed by atoms with Crippen LogP contribution in [0.4, 0.5) is 0 Å². The van der Waals surface area contributed by atoms with Crippen molar-refractivity contribution in [3.05, 3.63) is 16.4 Å². The fourth-order valence-corrected chi connectivity index (χ4v) is 2.59. The molecule has 4 nitrogen and oxygen atoms in total. The Balaban J connectivity index is 2.97. The van der Waals surface area contributed by atoms with Gasteiger partial charge < -0.3 is 10.1 Å². The number of hydrogen-bond donors (Lipinski definition) is 1. The van der Waals surface area contributed by atoms with Gasteiger partial charge in [0.2, 0.25) is 0 Å². The van der Waals surface area contributed by atoms with E-state index in [1.165, 1.54) is 5.69 Å². The van der Waals surface area contributed by atoms with Crippen molar-refractivity contribution in [3.63, 3.8) is 0 Å². The number of aromatic nitrogens is 2. The van der Waals surface area contributed by atoms with E-state index in [2.05, 4.69) is 51.8 Å². The zero-order valence-corrected chi connectivity index (χ0v) is 13.5. The Morgan fingerprint density at radius 1 is 1.56 bits per heavy atom. The van der Waals surface area contributed by atoms with Crippen LogP contribution in [0.1, 0.15) is 45.3 Å².